The number of nitrogens with zero attached hydrogens (tertiary/aromatic N) is 2. The number of fused-ring (bicyclic) bond motifs is 2. The number of rotatable bonds is 4. The molecule has 2 fully saturated rings. The molecule has 3 unspecified atom stereocenters. The first-order valence-electron chi connectivity index (χ1n) is 7.56. The quantitative estimate of drug-likeness (QED) is 0.562. The largest absolute Gasteiger partial charge is 0.383 e. The molecular weight excluding hydrogens is 250 g/mol. The fourth-order valence-electron chi connectivity index (χ4n) is 4.00. The minimum Gasteiger partial charge on any atom is -0.383 e. The van der Waals surface area contributed by atoms with Gasteiger partial charge in [-0.25, -0.2) is 4.98 Å². The van der Waals surface area contributed by atoms with Gasteiger partial charge in [-0.2, -0.15) is 0 Å². The molecule has 110 valence electrons. The van der Waals surface area contributed by atoms with Crippen LogP contribution in [0.4, 0.5) is 5.82 Å². The number of anilines is 1. The molecule has 0 radical (unpaired) electrons. The van der Waals surface area contributed by atoms with Gasteiger partial charge in [0.2, 0.25) is 0 Å². The number of hydrogen-bond donors (Lipinski definition) is 3. The van der Waals surface area contributed by atoms with E-state index in [0.29, 0.717) is 17.8 Å². The van der Waals surface area contributed by atoms with Crippen molar-refractivity contribution in [2.45, 2.75) is 50.2 Å². The van der Waals surface area contributed by atoms with Gasteiger partial charge in [-0.1, -0.05) is 6.07 Å². The van der Waals surface area contributed by atoms with Crippen LogP contribution in [0.15, 0.2) is 18.3 Å². The van der Waals surface area contributed by atoms with Crippen molar-refractivity contribution in [3.8, 4) is 0 Å². The van der Waals surface area contributed by atoms with E-state index in [4.69, 9.17) is 11.6 Å². The molecule has 20 heavy (non-hydrogen) atoms. The Hall–Kier alpha value is -1.17. The Morgan fingerprint density at radius 2 is 2.10 bits per heavy atom. The van der Waals surface area contributed by atoms with Crippen LogP contribution in [-0.4, -0.2) is 35.1 Å². The molecule has 0 aromatic carbocycles. The summed E-state index contributed by atoms with van der Waals surface area (Å²) in [5.41, 5.74) is 10.1. The van der Waals surface area contributed by atoms with E-state index in [9.17, 15) is 0 Å². The van der Waals surface area contributed by atoms with Crippen LogP contribution in [0.3, 0.4) is 0 Å². The maximum Gasteiger partial charge on any atom is 0.126 e. The van der Waals surface area contributed by atoms with E-state index in [1.54, 1.807) is 6.20 Å². The van der Waals surface area contributed by atoms with Gasteiger partial charge in [0.25, 0.3) is 0 Å². The third-order valence-electron chi connectivity index (χ3n) is 5.28. The van der Waals surface area contributed by atoms with Crippen LogP contribution in [0.2, 0.25) is 0 Å². The Bertz CT molecular complexity index is 449. The highest BCUT2D eigenvalue weighted by molar-refractivity contribution is 5.39. The fourth-order valence-corrected chi connectivity index (χ4v) is 4.00. The van der Waals surface area contributed by atoms with Crippen molar-refractivity contribution in [3.63, 3.8) is 0 Å². The molecule has 1 aromatic heterocycles. The molecule has 2 bridgehead atoms. The second kappa shape index (κ2) is 5.68. The molecule has 1 aromatic rings. The summed E-state index contributed by atoms with van der Waals surface area (Å²) in [4.78, 5) is 6.72. The first-order chi connectivity index (χ1) is 9.69. The normalized spacial score (nSPS) is 31.4. The number of aromatic nitrogens is 1. The monoisotopic (exact) mass is 275 g/mol. The Balaban J connectivity index is 1.70. The summed E-state index contributed by atoms with van der Waals surface area (Å²) >= 11 is 0. The number of pyridine rings is 1. The molecular formula is C15H25N5. The molecule has 0 spiro atoms. The average molecular weight is 275 g/mol. The van der Waals surface area contributed by atoms with E-state index in [-0.39, 0.29) is 0 Å². The lowest BCUT2D eigenvalue weighted by atomic mass is 9.83. The van der Waals surface area contributed by atoms with Gasteiger partial charge in [0.1, 0.15) is 5.82 Å². The lowest BCUT2D eigenvalue weighted by Gasteiger charge is -2.39. The minimum absolute atomic E-state index is 0.290. The maximum atomic E-state index is 5.95. The van der Waals surface area contributed by atoms with Crippen molar-refractivity contribution in [1.82, 2.24) is 15.3 Å². The lowest BCUT2D eigenvalue weighted by Crippen LogP contribution is -2.49. The molecule has 2 aliphatic heterocycles. The van der Waals surface area contributed by atoms with Crippen LogP contribution in [0.25, 0.3) is 0 Å². The zero-order chi connectivity index (χ0) is 14.1. The van der Waals surface area contributed by atoms with Gasteiger partial charge in [-0.05, 0) is 56.7 Å². The molecule has 2 saturated heterocycles. The van der Waals surface area contributed by atoms with Gasteiger partial charge < -0.3 is 10.6 Å². The minimum atomic E-state index is 0.290. The molecule has 0 amide bonds. The molecule has 5 N–H and O–H groups in total. The lowest BCUT2D eigenvalue weighted by molar-refractivity contribution is 0.112. The molecule has 5 nitrogen and oxygen atoms in total. The van der Waals surface area contributed by atoms with Crippen LogP contribution in [0, 0.1) is 5.92 Å². The Labute approximate surface area is 120 Å². The summed E-state index contributed by atoms with van der Waals surface area (Å²) in [7, 11) is 2.27. The van der Waals surface area contributed by atoms with E-state index in [0.717, 1.165) is 24.1 Å². The molecule has 3 rings (SSSR count). The zero-order valence-electron chi connectivity index (χ0n) is 12.1. The van der Waals surface area contributed by atoms with Crippen LogP contribution in [0.1, 0.15) is 31.2 Å². The number of hydrazine groups is 1. The standard InChI is InChI=1S/C15H25N5/c1-20-12-4-5-13(20)8-11(7-12)14(19-17)9-10-3-2-6-18-15(10)16/h2-3,6,11-14,19H,4-5,7-9,17H2,1H3,(H2,16,18). The Morgan fingerprint density at radius 1 is 1.40 bits per heavy atom. The maximum absolute atomic E-state index is 5.95. The van der Waals surface area contributed by atoms with E-state index in [2.05, 4.69) is 28.4 Å². The van der Waals surface area contributed by atoms with Crippen LogP contribution >= 0.6 is 0 Å². The summed E-state index contributed by atoms with van der Waals surface area (Å²) in [6.07, 6.45) is 7.75. The van der Waals surface area contributed by atoms with E-state index in [1.807, 2.05) is 6.07 Å². The van der Waals surface area contributed by atoms with Crippen molar-refractivity contribution in [2.24, 2.45) is 11.8 Å². The molecule has 2 aliphatic rings. The highest BCUT2D eigenvalue weighted by atomic mass is 15.2. The van der Waals surface area contributed by atoms with Gasteiger partial charge in [0.15, 0.2) is 0 Å². The second-order valence-corrected chi connectivity index (χ2v) is 6.31. The number of hydrogen-bond acceptors (Lipinski definition) is 5. The fraction of sp³-hybridized carbons (Fsp3) is 0.667. The summed E-state index contributed by atoms with van der Waals surface area (Å²) in [6, 6.07) is 5.76. The van der Waals surface area contributed by atoms with Gasteiger partial charge >= 0.3 is 0 Å². The van der Waals surface area contributed by atoms with Crippen molar-refractivity contribution < 1.29 is 0 Å². The first kappa shape index (κ1) is 13.8. The third kappa shape index (κ3) is 2.53. The summed E-state index contributed by atoms with van der Waals surface area (Å²) < 4.78 is 0. The molecule has 0 saturated carbocycles. The summed E-state index contributed by atoms with van der Waals surface area (Å²) in [5, 5.41) is 0. The summed E-state index contributed by atoms with van der Waals surface area (Å²) in [6.45, 7) is 0. The third-order valence-corrected chi connectivity index (χ3v) is 5.28. The van der Waals surface area contributed by atoms with Crippen LogP contribution in [0.5, 0.6) is 0 Å². The van der Waals surface area contributed by atoms with E-state index >= 15 is 0 Å². The zero-order valence-corrected chi connectivity index (χ0v) is 12.1. The van der Waals surface area contributed by atoms with Gasteiger partial charge in [0.05, 0.1) is 0 Å². The van der Waals surface area contributed by atoms with Crippen molar-refractivity contribution in [3.05, 3.63) is 23.9 Å². The molecule has 5 heteroatoms. The average Bonchev–Trinajstić information content (AvgIpc) is 2.67. The number of nitrogen functional groups attached to an aromatic ring is 1. The van der Waals surface area contributed by atoms with Crippen LogP contribution < -0.4 is 17.0 Å². The number of nitrogens with one attached hydrogen (secondary N) is 1. The van der Waals surface area contributed by atoms with Crippen molar-refractivity contribution >= 4 is 5.82 Å². The van der Waals surface area contributed by atoms with Crippen LogP contribution in [-0.2, 0) is 6.42 Å². The predicted molar refractivity (Wildman–Crippen MR) is 80.8 cm³/mol. The molecule has 0 aliphatic carbocycles. The Kier molecular flexibility index (Phi) is 3.92. The molecule has 3 atom stereocenters. The highest BCUT2D eigenvalue weighted by Crippen LogP contribution is 2.39. The molecule has 3 heterocycles. The van der Waals surface area contributed by atoms with Gasteiger partial charge in [-0.3, -0.25) is 11.3 Å². The topological polar surface area (TPSA) is 80.2 Å². The van der Waals surface area contributed by atoms with E-state index < -0.39 is 0 Å². The van der Waals surface area contributed by atoms with Gasteiger partial charge in [0, 0.05) is 24.3 Å². The van der Waals surface area contributed by atoms with Gasteiger partial charge in [-0.15, -0.1) is 0 Å². The SMILES string of the molecule is CN1C2CCC1CC(C(Cc1cccnc1N)NN)C2. The first-order valence-corrected chi connectivity index (χ1v) is 7.56. The summed E-state index contributed by atoms with van der Waals surface area (Å²) in [5.74, 6) is 7.08. The van der Waals surface area contributed by atoms with E-state index in [1.165, 1.54) is 25.7 Å². The number of piperidine rings is 1. The van der Waals surface area contributed by atoms with Crippen molar-refractivity contribution in [2.75, 3.05) is 12.8 Å². The second-order valence-electron chi connectivity index (χ2n) is 6.31. The number of nitrogens with two attached hydrogens (primary N) is 2. The van der Waals surface area contributed by atoms with Crippen molar-refractivity contribution in [1.29, 1.82) is 0 Å². The predicted octanol–water partition coefficient (Wildman–Crippen LogP) is 0.911. The smallest absolute Gasteiger partial charge is 0.126 e. The Morgan fingerprint density at radius 3 is 2.70 bits per heavy atom. The highest BCUT2D eigenvalue weighted by Gasteiger charge is 2.40.